The molecule has 0 aromatic heterocycles. The van der Waals surface area contributed by atoms with E-state index in [2.05, 4.69) is 34.6 Å². The molecule has 0 rings (SSSR count). The summed E-state index contributed by atoms with van der Waals surface area (Å²) >= 11 is 0. The molecule has 59 heavy (non-hydrogen) atoms. The fourth-order valence-corrected chi connectivity index (χ4v) is 7.96. The minimum absolute atomic E-state index is 0.0650. The van der Waals surface area contributed by atoms with E-state index in [0.717, 1.165) is 76.0 Å². The molecule has 0 aromatic rings. The minimum atomic E-state index is -0.759. The van der Waals surface area contributed by atoms with Gasteiger partial charge in [0, 0.05) is 19.3 Å². The van der Waals surface area contributed by atoms with Gasteiger partial charge in [-0.2, -0.15) is 0 Å². The van der Waals surface area contributed by atoms with Crippen molar-refractivity contribution >= 4 is 17.9 Å². The van der Waals surface area contributed by atoms with Crippen LogP contribution >= 0.6 is 0 Å². The van der Waals surface area contributed by atoms with Crippen LogP contribution in [0.15, 0.2) is 0 Å². The molecule has 0 aliphatic rings. The van der Waals surface area contributed by atoms with Crippen LogP contribution in [-0.2, 0) is 28.6 Å². The second-order valence-corrected chi connectivity index (χ2v) is 18.9. The highest BCUT2D eigenvalue weighted by Crippen LogP contribution is 2.18. The fourth-order valence-electron chi connectivity index (χ4n) is 7.96. The van der Waals surface area contributed by atoms with Crippen LogP contribution in [0.4, 0.5) is 0 Å². The lowest BCUT2D eigenvalue weighted by Crippen LogP contribution is -2.30. The van der Waals surface area contributed by atoms with Gasteiger partial charge in [0.2, 0.25) is 0 Å². The molecule has 0 fully saturated rings. The van der Waals surface area contributed by atoms with Crippen molar-refractivity contribution in [1.82, 2.24) is 0 Å². The number of hydrogen-bond acceptors (Lipinski definition) is 6. The maximum absolute atomic E-state index is 12.6. The molecule has 0 spiro atoms. The third kappa shape index (κ3) is 45.8. The highest BCUT2D eigenvalue weighted by atomic mass is 16.6. The maximum atomic E-state index is 12.6. The van der Waals surface area contributed by atoms with Crippen LogP contribution in [0.2, 0.25) is 0 Å². The highest BCUT2D eigenvalue weighted by molar-refractivity contribution is 5.71. The maximum Gasteiger partial charge on any atom is 0.306 e. The van der Waals surface area contributed by atoms with E-state index in [9.17, 15) is 14.4 Å². The fraction of sp³-hybridized carbons (Fsp3) is 0.943. The number of esters is 3. The van der Waals surface area contributed by atoms with Crippen LogP contribution in [0, 0.1) is 11.8 Å². The van der Waals surface area contributed by atoms with Gasteiger partial charge in [-0.15, -0.1) is 0 Å². The zero-order valence-corrected chi connectivity index (χ0v) is 40.4. The van der Waals surface area contributed by atoms with E-state index in [0.29, 0.717) is 19.3 Å². The molecule has 6 heteroatoms. The van der Waals surface area contributed by atoms with Gasteiger partial charge in [0.05, 0.1) is 0 Å². The van der Waals surface area contributed by atoms with Gasteiger partial charge in [-0.05, 0) is 31.1 Å². The normalized spacial score (nSPS) is 12.5. The average molecular weight is 835 g/mol. The Balaban J connectivity index is 4.05. The Labute approximate surface area is 368 Å². The Morgan fingerprint density at radius 2 is 0.644 bits per heavy atom. The Bertz CT molecular complexity index is 902. The average Bonchev–Trinajstić information content (AvgIpc) is 3.22. The first kappa shape index (κ1) is 57.4. The molecule has 0 aliphatic heterocycles. The van der Waals surface area contributed by atoms with E-state index >= 15 is 0 Å². The quantitative estimate of drug-likeness (QED) is 0.0345. The van der Waals surface area contributed by atoms with Crippen molar-refractivity contribution < 1.29 is 28.6 Å². The number of rotatable bonds is 47. The van der Waals surface area contributed by atoms with Crippen molar-refractivity contribution in [3.8, 4) is 0 Å². The summed E-state index contributed by atoms with van der Waals surface area (Å²) in [5.41, 5.74) is 0. The first-order valence-corrected chi connectivity index (χ1v) is 26.3. The summed E-state index contributed by atoms with van der Waals surface area (Å²) < 4.78 is 16.7. The van der Waals surface area contributed by atoms with Gasteiger partial charge in [-0.1, -0.05) is 253 Å². The van der Waals surface area contributed by atoms with E-state index in [1.807, 2.05) is 0 Å². The summed E-state index contributed by atoms with van der Waals surface area (Å²) in [5.74, 6) is 0.883. The number of ether oxygens (including phenoxy) is 3. The molecule has 2 atom stereocenters. The summed E-state index contributed by atoms with van der Waals surface area (Å²) in [7, 11) is 0. The number of hydrogen-bond donors (Lipinski definition) is 0. The molecular weight excluding hydrogens is 733 g/mol. The first-order valence-electron chi connectivity index (χ1n) is 26.3. The van der Waals surface area contributed by atoms with E-state index in [4.69, 9.17) is 14.2 Å². The van der Waals surface area contributed by atoms with E-state index in [1.54, 1.807) is 0 Å². The van der Waals surface area contributed by atoms with Crippen molar-refractivity contribution in [2.45, 2.75) is 298 Å². The molecule has 6 nitrogen and oxygen atoms in total. The van der Waals surface area contributed by atoms with Gasteiger partial charge in [-0.25, -0.2) is 0 Å². The molecule has 0 radical (unpaired) electrons. The highest BCUT2D eigenvalue weighted by Gasteiger charge is 2.19. The second-order valence-electron chi connectivity index (χ2n) is 18.9. The predicted octanol–water partition coefficient (Wildman–Crippen LogP) is 16.9. The van der Waals surface area contributed by atoms with Gasteiger partial charge < -0.3 is 14.2 Å². The molecule has 0 aromatic carbocycles. The molecule has 0 saturated heterocycles. The Morgan fingerprint density at radius 3 is 0.966 bits per heavy atom. The summed E-state index contributed by atoms with van der Waals surface area (Å²) in [6, 6.07) is 0. The van der Waals surface area contributed by atoms with E-state index in [-0.39, 0.29) is 31.1 Å². The lowest BCUT2D eigenvalue weighted by atomic mass is 9.99. The molecule has 0 N–H and O–H groups in total. The first-order chi connectivity index (χ1) is 28.8. The number of carbonyl (C=O) groups is 3. The molecule has 0 amide bonds. The number of unbranched alkanes of at least 4 members (excludes halogenated alkanes) is 31. The van der Waals surface area contributed by atoms with Crippen molar-refractivity contribution in [3.63, 3.8) is 0 Å². The second kappa shape index (κ2) is 45.9. The lowest BCUT2D eigenvalue weighted by molar-refractivity contribution is -0.167. The van der Waals surface area contributed by atoms with Crippen molar-refractivity contribution in [2.75, 3.05) is 13.2 Å². The summed E-state index contributed by atoms with van der Waals surface area (Å²) in [6.07, 6.45) is 46.9. The Kier molecular flexibility index (Phi) is 44.7. The Hall–Kier alpha value is -1.59. The summed E-state index contributed by atoms with van der Waals surface area (Å²) in [5, 5.41) is 0. The number of carbonyl (C=O) groups excluding carboxylic acids is 3. The van der Waals surface area contributed by atoms with Gasteiger partial charge in [0.1, 0.15) is 13.2 Å². The molecule has 350 valence electrons. The van der Waals surface area contributed by atoms with Crippen LogP contribution < -0.4 is 0 Å². The van der Waals surface area contributed by atoms with Crippen molar-refractivity contribution in [2.24, 2.45) is 11.8 Å². The van der Waals surface area contributed by atoms with Crippen LogP contribution in [0.25, 0.3) is 0 Å². The SMILES string of the molecule is CCCCCCCC(=O)O[C@@H](COC(=O)CCCCCCCCCCCCCCCCCC(C)C)COC(=O)CCCCCCCCCCCCCCCCC(C)CC. The minimum Gasteiger partial charge on any atom is -0.462 e. The predicted molar refractivity (Wildman–Crippen MR) is 252 cm³/mol. The topological polar surface area (TPSA) is 78.9 Å². The van der Waals surface area contributed by atoms with Crippen LogP contribution in [-0.4, -0.2) is 37.2 Å². The van der Waals surface area contributed by atoms with Crippen LogP contribution in [0.1, 0.15) is 291 Å². The van der Waals surface area contributed by atoms with Gasteiger partial charge in [-0.3, -0.25) is 14.4 Å². The standard InChI is InChI=1S/C53H102O6/c1-6-8-9-31-40-45-53(56)59-50(46-57-51(54)43-38-34-29-25-21-17-12-10-11-15-19-23-27-32-36-41-48(3)4)47-58-52(55)44-39-35-30-26-22-18-14-13-16-20-24-28-33-37-42-49(5)7-2/h48-50H,6-47H2,1-5H3/t49?,50-/m0/s1. The lowest BCUT2D eigenvalue weighted by Gasteiger charge is -2.18. The largest absolute Gasteiger partial charge is 0.462 e. The zero-order chi connectivity index (χ0) is 43.3. The van der Waals surface area contributed by atoms with Gasteiger partial charge in [0.15, 0.2) is 6.10 Å². The molecule has 1 unspecified atom stereocenters. The van der Waals surface area contributed by atoms with Crippen molar-refractivity contribution in [3.05, 3.63) is 0 Å². The summed E-state index contributed by atoms with van der Waals surface area (Å²) in [6.45, 7) is 11.4. The van der Waals surface area contributed by atoms with Crippen molar-refractivity contribution in [1.29, 1.82) is 0 Å². The van der Waals surface area contributed by atoms with Crippen LogP contribution in [0.3, 0.4) is 0 Å². The Morgan fingerprint density at radius 1 is 0.356 bits per heavy atom. The van der Waals surface area contributed by atoms with Gasteiger partial charge >= 0.3 is 17.9 Å². The molecule has 0 aliphatic carbocycles. The molecule has 0 bridgehead atoms. The zero-order valence-electron chi connectivity index (χ0n) is 40.4. The third-order valence-corrected chi connectivity index (χ3v) is 12.3. The van der Waals surface area contributed by atoms with Crippen LogP contribution in [0.5, 0.6) is 0 Å². The smallest absolute Gasteiger partial charge is 0.306 e. The summed E-state index contributed by atoms with van der Waals surface area (Å²) in [4.78, 5) is 37.7. The molecular formula is C53H102O6. The van der Waals surface area contributed by atoms with E-state index in [1.165, 1.54) is 173 Å². The molecule has 0 heterocycles. The molecule has 0 saturated carbocycles. The third-order valence-electron chi connectivity index (χ3n) is 12.3. The van der Waals surface area contributed by atoms with Gasteiger partial charge in [0.25, 0.3) is 0 Å². The monoisotopic (exact) mass is 835 g/mol. The van der Waals surface area contributed by atoms with E-state index < -0.39 is 6.10 Å².